The lowest BCUT2D eigenvalue weighted by molar-refractivity contribution is -0.144. The number of carboxylic acids is 2. The second kappa shape index (κ2) is 16.8. The number of hydrogen-bond donors (Lipinski definition) is 9. The maximum atomic E-state index is 12.9. The highest BCUT2D eigenvalue weighted by Gasteiger charge is 2.31. The van der Waals surface area contributed by atoms with Crippen molar-refractivity contribution in [3.05, 3.63) is 0 Å². The van der Waals surface area contributed by atoms with Gasteiger partial charge in [0.2, 0.25) is 29.5 Å². The van der Waals surface area contributed by atoms with Gasteiger partial charge in [-0.2, -0.15) is 0 Å². The van der Waals surface area contributed by atoms with Crippen LogP contribution in [0, 0.1) is 0 Å². The van der Waals surface area contributed by atoms with Crippen molar-refractivity contribution in [3.8, 4) is 0 Å². The molecule has 0 aliphatic rings. The Balaban J connectivity index is 5.58. The quantitative estimate of drug-likeness (QED) is 0.0743. The maximum absolute atomic E-state index is 12.9. The standard InChI is InChI=1S/C20H35N7O9/c21-8-2-1-3-11(25-17(32)10(22)4-7-16(30)31)18(33)26-12(5-6-14(23)28)19(34)27-13(20(35)36)9-15(24)29/h10-13H,1-9,21-22H2,(H2,23,28)(H2,24,29)(H,25,32)(H,26,33)(H,27,34)(H,30,31)(H,35,36). The Morgan fingerprint density at radius 3 is 1.67 bits per heavy atom. The molecule has 4 unspecified atom stereocenters. The largest absolute Gasteiger partial charge is 0.481 e. The molecule has 0 aromatic heterocycles. The van der Waals surface area contributed by atoms with Crippen LogP contribution in [0.25, 0.3) is 0 Å². The molecule has 0 heterocycles. The number of rotatable bonds is 19. The van der Waals surface area contributed by atoms with Crippen LogP contribution in [0.15, 0.2) is 0 Å². The summed E-state index contributed by atoms with van der Waals surface area (Å²) in [4.78, 5) is 82.4. The number of nitrogens with one attached hydrogen (secondary N) is 3. The van der Waals surface area contributed by atoms with Gasteiger partial charge in [-0.1, -0.05) is 0 Å². The Hall–Kier alpha value is -3.79. The number of hydrogen-bond acceptors (Lipinski definition) is 9. The molecule has 204 valence electrons. The maximum Gasteiger partial charge on any atom is 0.326 e. The summed E-state index contributed by atoms with van der Waals surface area (Å²) >= 11 is 0. The van der Waals surface area contributed by atoms with Crippen molar-refractivity contribution in [2.24, 2.45) is 22.9 Å². The van der Waals surface area contributed by atoms with Crippen LogP contribution < -0.4 is 38.9 Å². The molecule has 0 saturated heterocycles. The van der Waals surface area contributed by atoms with Gasteiger partial charge in [-0.3, -0.25) is 28.8 Å². The van der Waals surface area contributed by atoms with Crippen molar-refractivity contribution in [3.63, 3.8) is 0 Å². The predicted molar refractivity (Wildman–Crippen MR) is 123 cm³/mol. The molecule has 0 bridgehead atoms. The molecular formula is C20H35N7O9. The topological polar surface area (TPSA) is 300 Å². The van der Waals surface area contributed by atoms with Crippen molar-refractivity contribution in [1.82, 2.24) is 16.0 Å². The van der Waals surface area contributed by atoms with Crippen molar-refractivity contribution in [1.29, 1.82) is 0 Å². The van der Waals surface area contributed by atoms with E-state index in [0.29, 0.717) is 19.4 Å². The van der Waals surface area contributed by atoms with Crippen LogP contribution in [0.2, 0.25) is 0 Å². The Morgan fingerprint density at radius 1 is 0.667 bits per heavy atom. The first-order valence-electron chi connectivity index (χ1n) is 11.2. The van der Waals surface area contributed by atoms with Gasteiger partial charge in [-0.25, -0.2) is 4.79 Å². The van der Waals surface area contributed by atoms with Gasteiger partial charge in [0.25, 0.3) is 0 Å². The van der Waals surface area contributed by atoms with Gasteiger partial charge < -0.3 is 49.1 Å². The van der Waals surface area contributed by atoms with Gasteiger partial charge in [0.05, 0.1) is 12.5 Å². The summed E-state index contributed by atoms with van der Waals surface area (Å²) in [7, 11) is 0. The number of nitrogens with two attached hydrogens (primary N) is 4. The molecule has 0 saturated carbocycles. The Kier molecular flexibility index (Phi) is 15.0. The molecule has 16 nitrogen and oxygen atoms in total. The molecule has 5 amide bonds. The van der Waals surface area contributed by atoms with E-state index < -0.39 is 72.1 Å². The van der Waals surface area contributed by atoms with Crippen molar-refractivity contribution in [2.75, 3.05) is 6.54 Å². The molecule has 36 heavy (non-hydrogen) atoms. The van der Waals surface area contributed by atoms with Crippen LogP contribution in [0.5, 0.6) is 0 Å². The molecule has 0 aromatic carbocycles. The van der Waals surface area contributed by atoms with Gasteiger partial charge in [0.15, 0.2) is 0 Å². The summed E-state index contributed by atoms with van der Waals surface area (Å²) in [6.07, 6.45) is -0.940. The van der Waals surface area contributed by atoms with Crippen molar-refractivity contribution < 1.29 is 43.8 Å². The number of aliphatic carboxylic acids is 2. The number of primary amides is 2. The molecule has 0 radical (unpaired) electrons. The summed E-state index contributed by atoms with van der Waals surface area (Å²) in [6.45, 7) is 0.306. The Labute approximate surface area is 206 Å². The van der Waals surface area contributed by atoms with E-state index >= 15 is 0 Å². The number of unbranched alkanes of at least 4 members (excludes halogenated alkanes) is 1. The highest BCUT2D eigenvalue weighted by molar-refractivity contribution is 5.95. The predicted octanol–water partition coefficient (Wildman–Crippen LogP) is -4.01. The monoisotopic (exact) mass is 517 g/mol. The average molecular weight is 518 g/mol. The van der Waals surface area contributed by atoms with E-state index in [2.05, 4.69) is 16.0 Å². The fraction of sp³-hybridized carbons (Fsp3) is 0.650. The van der Waals surface area contributed by atoms with E-state index in [-0.39, 0.29) is 32.1 Å². The number of amides is 5. The lowest BCUT2D eigenvalue weighted by Crippen LogP contribution is -2.57. The third-order valence-electron chi connectivity index (χ3n) is 4.92. The van der Waals surface area contributed by atoms with E-state index in [0.717, 1.165) is 0 Å². The molecule has 13 N–H and O–H groups in total. The molecule has 0 rings (SSSR count). The zero-order chi connectivity index (χ0) is 27.8. The third-order valence-corrected chi connectivity index (χ3v) is 4.92. The molecule has 0 aliphatic heterocycles. The van der Waals surface area contributed by atoms with Crippen LogP contribution in [0.1, 0.15) is 51.4 Å². The first-order chi connectivity index (χ1) is 16.8. The molecule has 0 aromatic rings. The third kappa shape index (κ3) is 13.8. The van der Waals surface area contributed by atoms with Gasteiger partial charge in [-0.05, 0) is 38.6 Å². The van der Waals surface area contributed by atoms with Crippen LogP contribution in [0.3, 0.4) is 0 Å². The molecule has 0 aliphatic carbocycles. The van der Waals surface area contributed by atoms with Crippen molar-refractivity contribution in [2.45, 2.75) is 75.5 Å². The van der Waals surface area contributed by atoms with E-state index in [4.69, 9.17) is 28.0 Å². The van der Waals surface area contributed by atoms with Crippen LogP contribution >= 0.6 is 0 Å². The minimum atomic E-state index is -1.68. The molecule has 0 fully saturated rings. The minimum Gasteiger partial charge on any atom is -0.481 e. The fourth-order valence-corrected chi connectivity index (χ4v) is 2.95. The van der Waals surface area contributed by atoms with E-state index in [9.17, 15) is 38.7 Å². The van der Waals surface area contributed by atoms with E-state index in [1.54, 1.807) is 0 Å². The number of carboxylic acid groups (broad SMARTS) is 2. The van der Waals surface area contributed by atoms with E-state index in [1.807, 2.05) is 0 Å². The fourth-order valence-electron chi connectivity index (χ4n) is 2.95. The highest BCUT2D eigenvalue weighted by atomic mass is 16.4. The molecule has 16 heteroatoms. The lowest BCUT2D eigenvalue weighted by atomic mass is 10.0. The first-order valence-corrected chi connectivity index (χ1v) is 11.2. The van der Waals surface area contributed by atoms with E-state index in [1.165, 1.54) is 0 Å². The van der Waals surface area contributed by atoms with Crippen molar-refractivity contribution >= 4 is 41.5 Å². The lowest BCUT2D eigenvalue weighted by Gasteiger charge is -2.25. The zero-order valence-electron chi connectivity index (χ0n) is 19.7. The van der Waals surface area contributed by atoms with Gasteiger partial charge >= 0.3 is 11.9 Å². The first kappa shape index (κ1) is 32.2. The summed E-state index contributed by atoms with van der Waals surface area (Å²) in [5.74, 6) is -7.18. The van der Waals surface area contributed by atoms with Crippen LogP contribution in [-0.4, -0.2) is 82.4 Å². The SMILES string of the molecule is NCCCCC(NC(=O)C(N)CCC(=O)O)C(=O)NC(CCC(N)=O)C(=O)NC(CC(N)=O)C(=O)O. The summed E-state index contributed by atoms with van der Waals surface area (Å²) in [5, 5.41) is 24.8. The number of carbonyl (C=O) groups excluding carboxylic acids is 5. The summed E-state index contributed by atoms with van der Waals surface area (Å²) < 4.78 is 0. The molecule has 4 atom stereocenters. The van der Waals surface area contributed by atoms with Gasteiger partial charge in [-0.15, -0.1) is 0 Å². The number of carbonyl (C=O) groups is 7. The van der Waals surface area contributed by atoms with Gasteiger partial charge in [0.1, 0.15) is 18.1 Å². The molecular weight excluding hydrogens is 482 g/mol. The second-order valence-electron chi connectivity index (χ2n) is 8.02. The smallest absolute Gasteiger partial charge is 0.326 e. The average Bonchev–Trinajstić information content (AvgIpc) is 2.78. The van der Waals surface area contributed by atoms with Gasteiger partial charge in [0, 0.05) is 12.8 Å². The van der Waals surface area contributed by atoms with Crippen LogP contribution in [0.4, 0.5) is 0 Å². The zero-order valence-corrected chi connectivity index (χ0v) is 19.7. The second-order valence-corrected chi connectivity index (χ2v) is 8.02. The van der Waals surface area contributed by atoms with Crippen LogP contribution in [-0.2, 0) is 33.6 Å². The molecule has 0 spiro atoms. The minimum absolute atomic E-state index is 0.0873. The summed E-state index contributed by atoms with van der Waals surface area (Å²) in [6, 6.07) is -5.56. The summed E-state index contributed by atoms with van der Waals surface area (Å²) in [5.41, 5.74) is 21.3. The highest BCUT2D eigenvalue weighted by Crippen LogP contribution is 2.06. The Bertz CT molecular complexity index is 821. The Morgan fingerprint density at radius 2 is 1.19 bits per heavy atom. The normalized spacial score (nSPS) is 13.9.